The van der Waals surface area contributed by atoms with Crippen molar-refractivity contribution in [3.05, 3.63) is 65.5 Å². The molecule has 0 aliphatic carbocycles. The lowest BCUT2D eigenvalue weighted by molar-refractivity contribution is -0.137. The number of anilines is 3. The first kappa shape index (κ1) is 28.2. The minimum Gasteiger partial charge on any atom is -0.494 e. The number of carboxylic acids is 1. The van der Waals surface area contributed by atoms with Crippen LogP contribution in [0.2, 0.25) is 0 Å². The number of nitrogens with zero attached hydrogens (tertiary/aromatic N) is 2. The van der Waals surface area contributed by atoms with E-state index in [0.717, 1.165) is 5.56 Å². The third-order valence-corrected chi connectivity index (χ3v) is 5.95. The van der Waals surface area contributed by atoms with Gasteiger partial charge in [-0.1, -0.05) is 37.2 Å². The third-order valence-electron chi connectivity index (χ3n) is 5.95. The van der Waals surface area contributed by atoms with E-state index in [0.29, 0.717) is 40.7 Å². The van der Waals surface area contributed by atoms with Crippen molar-refractivity contribution in [3.63, 3.8) is 0 Å². The second-order valence-corrected chi connectivity index (χ2v) is 9.42. The molecule has 1 unspecified atom stereocenters. The van der Waals surface area contributed by atoms with Crippen molar-refractivity contribution >= 4 is 35.0 Å². The van der Waals surface area contributed by atoms with E-state index in [-0.39, 0.29) is 24.7 Å². The Labute approximate surface area is 222 Å². The van der Waals surface area contributed by atoms with Crippen LogP contribution in [0.4, 0.5) is 21.9 Å². The Morgan fingerprint density at radius 2 is 1.79 bits per heavy atom. The van der Waals surface area contributed by atoms with Crippen LogP contribution in [0.25, 0.3) is 0 Å². The molecule has 10 nitrogen and oxygen atoms in total. The molecule has 0 fully saturated rings. The highest BCUT2D eigenvalue weighted by atomic mass is 16.5. The van der Waals surface area contributed by atoms with Gasteiger partial charge in [-0.05, 0) is 43.0 Å². The maximum atomic E-state index is 12.9. The van der Waals surface area contributed by atoms with Gasteiger partial charge >= 0.3 is 12.0 Å². The van der Waals surface area contributed by atoms with Crippen molar-refractivity contribution < 1.29 is 28.8 Å². The number of hydrogen-bond donors (Lipinski definition) is 3. The summed E-state index contributed by atoms with van der Waals surface area (Å²) in [6.45, 7) is 7.45. The van der Waals surface area contributed by atoms with Crippen LogP contribution in [0, 0.1) is 12.8 Å². The number of methoxy groups -OCH3 is 1. The number of hydrogen-bond acceptors (Lipinski definition) is 6. The molecule has 3 rings (SSSR count). The molecule has 3 aromatic rings. The first-order chi connectivity index (χ1) is 18.1. The molecule has 0 aliphatic heterocycles. The Bertz CT molecular complexity index is 1290. The fourth-order valence-electron chi connectivity index (χ4n) is 4.14. The summed E-state index contributed by atoms with van der Waals surface area (Å²) in [7, 11) is 1.49. The van der Waals surface area contributed by atoms with Gasteiger partial charge in [0.05, 0.1) is 25.3 Å². The predicted molar refractivity (Wildman–Crippen MR) is 145 cm³/mol. The third kappa shape index (κ3) is 7.34. The molecule has 1 atom stereocenters. The van der Waals surface area contributed by atoms with E-state index < -0.39 is 18.0 Å². The van der Waals surface area contributed by atoms with E-state index in [1.165, 1.54) is 14.0 Å². The Hall–Kier alpha value is -4.34. The lowest BCUT2D eigenvalue weighted by atomic mass is 9.98. The van der Waals surface area contributed by atoms with Crippen LogP contribution in [0.1, 0.15) is 56.7 Å². The van der Waals surface area contributed by atoms with Crippen molar-refractivity contribution in [1.82, 2.24) is 5.16 Å². The lowest BCUT2D eigenvalue weighted by Gasteiger charge is -2.31. The Morgan fingerprint density at radius 3 is 2.42 bits per heavy atom. The Balaban J connectivity index is 1.89. The van der Waals surface area contributed by atoms with Gasteiger partial charge < -0.3 is 29.9 Å². The van der Waals surface area contributed by atoms with Crippen LogP contribution in [-0.2, 0) is 16.0 Å². The molecule has 3 N–H and O–H groups in total. The fraction of sp³-hybridized carbons (Fsp3) is 0.357. The SMILES string of the molecule is COc1cc(N(C(C)=O)C(CC(C)C)c2cc(CCC(=O)O)on2)ccc1NC(=O)Nc1ccccc1C. The van der Waals surface area contributed by atoms with Crippen LogP contribution in [-0.4, -0.2) is 35.3 Å². The number of aliphatic carboxylic acids is 1. The summed E-state index contributed by atoms with van der Waals surface area (Å²) in [6, 6.07) is 13.4. The molecule has 0 spiro atoms. The summed E-state index contributed by atoms with van der Waals surface area (Å²) in [4.78, 5) is 38.1. The van der Waals surface area contributed by atoms with Crippen LogP contribution in [0.3, 0.4) is 0 Å². The number of rotatable bonds is 11. The molecule has 2 aromatic carbocycles. The largest absolute Gasteiger partial charge is 0.494 e. The standard InChI is InChI=1S/C28H34N4O6/c1-17(2)14-25(24-16-21(38-31-24)11-13-27(34)35)32(19(4)33)20-10-12-23(26(15-20)37-5)30-28(36)29-22-9-7-6-8-18(22)3/h6-10,12,15-17,25H,11,13-14H2,1-5H3,(H,34,35)(H2,29,30,36). The van der Waals surface area contributed by atoms with Gasteiger partial charge in [-0.15, -0.1) is 0 Å². The molecule has 1 aromatic heterocycles. The highest BCUT2D eigenvalue weighted by Crippen LogP contribution is 2.37. The molecule has 0 radical (unpaired) electrons. The number of benzene rings is 2. The zero-order chi connectivity index (χ0) is 27.8. The van der Waals surface area contributed by atoms with Gasteiger partial charge in [0.1, 0.15) is 17.2 Å². The molecule has 0 aliphatic rings. The number of urea groups is 1. The van der Waals surface area contributed by atoms with Gasteiger partial charge in [0.25, 0.3) is 0 Å². The molecule has 0 saturated heterocycles. The van der Waals surface area contributed by atoms with Crippen molar-refractivity contribution in [2.45, 2.75) is 53.0 Å². The van der Waals surface area contributed by atoms with Crippen molar-refractivity contribution in [1.29, 1.82) is 0 Å². The first-order valence-electron chi connectivity index (χ1n) is 12.4. The van der Waals surface area contributed by atoms with Crippen LogP contribution < -0.4 is 20.3 Å². The number of carboxylic acid groups (broad SMARTS) is 1. The van der Waals surface area contributed by atoms with Crippen molar-refractivity contribution in [3.8, 4) is 5.75 Å². The molecule has 3 amide bonds. The van der Waals surface area contributed by atoms with E-state index in [9.17, 15) is 14.4 Å². The molecule has 38 heavy (non-hydrogen) atoms. The summed E-state index contributed by atoms with van der Waals surface area (Å²) >= 11 is 0. The zero-order valence-electron chi connectivity index (χ0n) is 22.3. The Kier molecular flexibility index (Phi) is 9.48. The highest BCUT2D eigenvalue weighted by Gasteiger charge is 2.29. The van der Waals surface area contributed by atoms with E-state index in [1.54, 1.807) is 29.2 Å². The predicted octanol–water partition coefficient (Wildman–Crippen LogP) is 5.79. The number of aryl methyl sites for hydroxylation is 2. The van der Waals surface area contributed by atoms with Crippen LogP contribution >= 0.6 is 0 Å². The smallest absolute Gasteiger partial charge is 0.323 e. The second kappa shape index (κ2) is 12.8. The fourth-order valence-corrected chi connectivity index (χ4v) is 4.14. The number of nitrogens with one attached hydrogen (secondary N) is 2. The normalized spacial score (nSPS) is 11.6. The van der Waals surface area contributed by atoms with Gasteiger partial charge in [-0.25, -0.2) is 4.79 Å². The molecular formula is C28H34N4O6. The molecule has 0 saturated carbocycles. The number of carbonyl (C=O) groups excluding carboxylic acids is 2. The summed E-state index contributed by atoms with van der Waals surface area (Å²) < 4.78 is 10.9. The summed E-state index contributed by atoms with van der Waals surface area (Å²) in [6.07, 6.45) is 0.712. The highest BCUT2D eigenvalue weighted by molar-refractivity contribution is 6.01. The van der Waals surface area contributed by atoms with E-state index in [1.807, 2.05) is 45.0 Å². The number of ether oxygens (including phenoxy) is 1. The molecule has 0 bridgehead atoms. The average molecular weight is 523 g/mol. The number of para-hydroxylation sites is 1. The molecule has 1 heterocycles. The molecule has 202 valence electrons. The number of amides is 3. The van der Waals surface area contributed by atoms with Gasteiger partial charge in [-0.3, -0.25) is 9.59 Å². The first-order valence-corrected chi connectivity index (χ1v) is 12.4. The maximum absolute atomic E-state index is 12.9. The summed E-state index contributed by atoms with van der Waals surface area (Å²) in [5, 5.41) is 18.8. The van der Waals surface area contributed by atoms with Gasteiger partial charge in [0.15, 0.2) is 0 Å². The number of aromatic nitrogens is 1. The topological polar surface area (TPSA) is 134 Å². The van der Waals surface area contributed by atoms with Crippen LogP contribution in [0.15, 0.2) is 53.1 Å². The van der Waals surface area contributed by atoms with Crippen molar-refractivity contribution in [2.75, 3.05) is 22.6 Å². The minimum absolute atomic E-state index is 0.0804. The minimum atomic E-state index is -0.930. The van der Waals surface area contributed by atoms with E-state index in [4.69, 9.17) is 14.4 Å². The van der Waals surface area contributed by atoms with E-state index >= 15 is 0 Å². The van der Waals surface area contributed by atoms with Crippen LogP contribution in [0.5, 0.6) is 5.75 Å². The van der Waals surface area contributed by atoms with Gasteiger partial charge in [-0.2, -0.15) is 0 Å². The van der Waals surface area contributed by atoms with Crippen molar-refractivity contribution in [2.24, 2.45) is 5.92 Å². The second-order valence-electron chi connectivity index (χ2n) is 9.42. The quantitative estimate of drug-likeness (QED) is 0.290. The van der Waals surface area contributed by atoms with Gasteiger partial charge in [0, 0.05) is 36.9 Å². The molecule has 10 heteroatoms. The maximum Gasteiger partial charge on any atom is 0.323 e. The lowest BCUT2D eigenvalue weighted by Crippen LogP contribution is -2.34. The zero-order valence-corrected chi connectivity index (χ0v) is 22.3. The van der Waals surface area contributed by atoms with E-state index in [2.05, 4.69) is 15.8 Å². The Morgan fingerprint density at radius 1 is 1.08 bits per heavy atom. The number of carbonyl (C=O) groups is 3. The monoisotopic (exact) mass is 522 g/mol. The summed E-state index contributed by atoms with van der Waals surface area (Å²) in [5.74, 6) is -0.115. The average Bonchev–Trinajstić information content (AvgIpc) is 3.33. The summed E-state index contributed by atoms with van der Waals surface area (Å²) in [5.41, 5.74) is 3.14. The molecular weight excluding hydrogens is 488 g/mol. The van der Waals surface area contributed by atoms with Gasteiger partial charge in [0.2, 0.25) is 5.91 Å².